The molecule has 3 rings (SSSR count). The van der Waals surface area contributed by atoms with E-state index in [1.54, 1.807) is 12.1 Å². The Labute approximate surface area is 137 Å². The van der Waals surface area contributed by atoms with Crippen LogP contribution in [0.3, 0.4) is 0 Å². The lowest BCUT2D eigenvalue weighted by molar-refractivity contribution is 0.00860. The molecule has 1 fully saturated rings. The predicted molar refractivity (Wildman–Crippen MR) is 87.5 cm³/mol. The maximum atomic E-state index is 12.9. The van der Waals surface area contributed by atoms with Crippen molar-refractivity contribution in [3.63, 3.8) is 0 Å². The molecule has 1 aromatic carbocycles. The average Bonchev–Trinajstić information content (AvgIpc) is 2.93. The lowest BCUT2D eigenvalue weighted by atomic mass is 9.99. The number of hydrogen-bond acceptors (Lipinski definition) is 4. The third-order valence-electron chi connectivity index (χ3n) is 4.44. The van der Waals surface area contributed by atoms with E-state index in [9.17, 15) is 4.39 Å². The van der Waals surface area contributed by atoms with Crippen molar-refractivity contribution >= 4 is 0 Å². The maximum absolute atomic E-state index is 12.9. The number of hydrazine groups is 1. The van der Waals surface area contributed by atoms with Gasteiger partial charge in [-0.05, 0) is 56.4 Å². The van der Waals surface area contributed by atoms with E-state index >= 15 is 0 Å². The number of hydrogen-bond donors (Lipinski definition) is 1. The molecule has 2 aliphatic rings. The van der Waals surface area contributed by atoms with Crippen LogP contribution in [0.2, 0.25) is 0 Å². The van der Waals surface area contributed by atoms with Crippen molar-refractivity contribution in [1.82, 2.24) is 10.4 Å². The van der Waals surface area contributed by atoms with Gasteiger partial charge in [0.05, 0.1) is 12.1 Å². The largest absolute Gasteiger partial charge is 0.489 e. The highest BCUT2D eigenvalue weighted by atomic mass is 19.1. The predicted octanol–water partition coefficient (Wildman–Crippen LogP) is 3.26. The zero-order chi connectivity index (χ0) is 16.1. The van der Waals surface area contributed by atoms with Gasteiger partial charge in [0.25, 0.3) is 0 Å². The summed E-state index contributed by atoms with van der Waals surface area (Å²) in [5.74, 6) is 0.445. The Morgan fingerprint density at radius 1 is 1.26 bits per heavy atom. The Morgan fingerprint density at radius 2 is 2.09 bits per heavy atom. The lowest BCUT2D eigenvalue weighted by Gasteiger charge is -2.25. The van der Waals surface area contributed by atoms with Gasteiger partial charge in [-0.1, -0.05) is 0 Å². The van der Waals surface area contributed by atoms with E-state index in [0.29, 0.717) is 18.5 Å². The lowest BCUT2D eigenvalue weighted by Crippen LogP contribution is -2.35. The van der Waals surface area contributed by atoms with E-state index in [-0.39, 0.29) is 11.9 Å². The molecule has 126 valence electrons. The normalized spacial score (nSPS) is 24.6. The summed E-state index contributed by atoms with van der Waals surface area (Å²) in [6, 6.07) is 6.44. The fourth-order valence-electron chi connectivity index (χ4n) is 3.18. The molecule has 2 aliphatic heterocycles. The zero-order valence-corrected chi connectivity index (χ0v) is 13.6. The van der Waals surface area contributed by atoms with E-state index in [1.807, 2.05) is 12.1 Å². The van der Waals surface area contributed by atoms with Crippen LogP contribution < -0.4 is 10.2 Å². The Kier molecular flexibility index (Phi) is 5.51. The standard InChI is InChI=1S/C18H25FN2O2/c1-21-12-14(13-23-17-7-5-15(19)6-8-17)18(20-21)10-9-16-4-2-3-11-22-16/h5-8,12,16,18,20H,2-4,9-11,13H2,1H3. The van der Waals surface area contributed by atoms with Gasteiger partial charge in [0.2, 0.25) is 0 Å². The van der Waals surface area contributed by atoms with Crippen LogP contribution in [0.25, 0.3) is 0 Å². The van der Waals surface area contributed by atoms with Crippen LogP contribution in [0, 0.1) is 5.82 Å². The van der Waals surface area contributed by atoms with Crippen LogP contribution in [0.1, 0.15) is 32.1 Å². The van der Waals surface area contributed by atoms with Crippen LogP contribution >= 0.6 is 0 Å². The van der Waals surface area contributed by atoms with Crippen LogP contribution in [-0.4, -0.2) is 37.4 Å². The number of rotatable bonds is 6. The highest BCUT2D eigenvalue weighted by Gasteiger charge is 2.24. The smallest absolute Gasteiger partial charge is 0.123 e. The molecule has 4 nitrogen and oxygen atoms in total. The summed E-state index contributed by atoms with van der Waals surface area (Å²) >= 11 is 0. The summed E-state index contributed by atoms with van der Waals surface area (Å²) < 4.78 is 24.5. The Morgan fingerprint density at radius 3 is 2.83 bits per heavy atom. The molecule has 0 bridgehead atoms. The van der Waals surface area contributed by atoms with Gasteiger partial charge in [0.15, 0.2) is 0 Å². The number of nitrogens with zero attached hydrogens (tertiary/aromatic N) is 1. The highest BCUT2D eigenvalue weighted by Crippen LogP contribution is 2.23. The van der Waals surface area contributed by atoms with Crippen molar-refractivity contribution in [1.29, 1.82) is 0 Å². The van der Waals surface area contributed by atoms with Crippen molar-refractivity contribution in [2.45, 2.75) is 44.2 Å². The summed E-state index contributed by atoms with van der Waals surface area (Å²) in [6.07, 6.45) is 8.23. The molecule has 0 spiro atoms. The third-order valence-corrected chi connectivity index (χ3v) is 4.44. The highest BCUT2D eigenvalue weighted by molar-refractivity contribution is 5.24. The minimum absolute atomic E-state index is 0.246. The molecule has 1 saturated heterocycles. The SMILES string of the molecule is CN1C=C(COc2ccc(F)cc2)C(CCC2CCCCO2)N1. The van der Waals surface area contributed by atoms with Crippen LogP contribution in [0.15, 0.2) is 36.0 Å². The fraction of sp³-hybridized carbons (Fsp3) is 0.556. The van der Waals surface area contributed by atoms with Gasteiger partial charge in [-0.3, -0.25) is 0 Å². The molecule has 2 atom stereocenters. The van der Waals surface area contributed by atoms with Crippen molar-refractivity contribution in [3.8, 4) is 5.75 Å². The molecular weight excluding hydrogens is 295 g/mol. The molecule has 2 unspecified atom stereocenters. The number of ether oxygens (including phenoxy) is 2. The Hall–Kier alpha value is -1.59. The van der Waals surface area contributed by atoms with Gasteiger partial charge in [-0.15, -0.1) is 0 Å². The first-order chi connectivity index (χ1) is 11.2. The van der Waals surface area contributed by atoms with Crippen molar-refractivity contribution in [3.05, 3.63) is 41.9 Å². The van der Waals surface area contributed by atoms with E-state index in [1.165, 1.54) is 37.0 Å². The minimum atomic E-state index is -0.246. The monoisotopic (exact) mass is 320 g/mol. The molecule has 1 aromatic rings. The number of nitrogens with one attached hydrogen (secondary N) is 1. The van der Waals surface area contributed by atoms with Crippen LogP contribution in [0.4, 0.5) is 4.39 Å². The third kappa shape index (κ3) is 4.69. The van der Waals surface area contributed by atoms with Crippen LogP contribution in [0.5, 0.6) is 5.75 Å². The molecule has 23 heavy (non-hydrogen) atoms. The van der Waals surface area contributed by atoms with Gasteiger partial charge < -0.3 is 14.5 Å². The van der Waals surface area contributed by atoms with E-state index in [0.717, 1.165) is 19.4 Å². The van der Waals surface area contributed by atoms with Crippen molar-refractivity contribution in [2.24, 2.45) is 0 Å². The second-order valence-electron chi connectivity index (χ2n) is 6.31. The van der Waals surface area contributed by atoms with Gasteiger partial charge in [0, 0.05) is 25.4 Å². The van der Waals surface area contributed by atoms with Crippen molar-refractivity contribution in [2.75, 3.05) is 20.3 Å². The van der Waals surface area contributed by atoms with E-state index in [2.05, 4.69) is 11.6 Å². The number of halogens is 1. The average molecular weight is 320 g/mol. The summed E-state index contributed by atoms with van der Waals surface area (Å²) in [6.45, 7) is 1.41. The van der Waals surface area contributed by atoms with Gasteiger partial charge in [-0.2, -0.15) is 0 Å². The minimum Gasteiger partial charge on any atom is -0.489 e. The molecule has 0 radical (unpaired) electrons. The first kappa shape index (κ1) is 16.3. The summed E-state index contributed by atoms with van der Waals surface area (Å²) in [5.41, 5.74) is 4.65. The molecule has 1 N–H and O–H groups in total. The van der Waals surface area contributed by atoms with E-state index < -0.39 is 0 Å². The maximum Gasteiger partial charge on any atom is 0.123 e. The topological polar surface area (TPSA) is 33.7 Å². The molecule has 0 amide bonds. The summed E-state index contributed by atoms with van der Waals surface area (Å²) in [7, 11) is 2.00. The Bertz CT molecular complexity index is 526. The van der Waals surface area contributed by atoms with E-state index in [4.69, 9.17) is 9.47 Å². The first-order valence-electron chi connectivity index (χ1n) is 8.40. The van der Waals surface area contributed by atoms with Crippen molar-refractivity contribution < 1.29 is 13.9 Å². The summed E-state index contributed by atoms with van der Waals surface area (Å²) in [4.78, 5) is 0. The molecule has 0 aliphatic carbocycles. The summed E-state index contributed by atoms with van der Waals surface area (Å²) in [5, 5.41) is 1.98. The number of benzene rings is 1. The van der Waals surface area contributed by atoms with Gasteiger partial charge in [0.1, 0.15) is 18.2 Å². The molecule has 5 heteroatoms. The van der Waals surface area contributed by atoms with Crippen LogP contribution in [-0.2, 0) is 4.74 Å². The Balaban J connectivity index is 1.49. The molecular formula is C18H25FN2O2. The van der Waals surface area contributed by atoms with Gasteiger partial charge in [-0.25, -0.2) is 9.82 Å². The first-order valence-corrected chi connectivity index (χ1v) is 8.40. The van der Waals surface area contributed by atoms with Gasteiger partial charge >= 0.3 is 0 Å². The molecule has 0 saturated carbocycles. The second-order valence-corrected chi connectivity index (χ2v) is 6.31. The second kappa shape index (κ2) is 7.79. The molecule has 2 heterocycles. The quantitative estimate of drug-likeness (QED) is 0.872. The zero-order valence-electron chi connectivity index (χ0n) is 13.6. The fourth-order valence-corrected chi connectivity index (χ4v) is 3.18. The molecule has 0 aromatic heterocycles.